The molecule has 1 heterocycles. The summed E-state index contributed by atoms with van der Waals surface area (Å²) in [5.41, 5.74) is -2.69. The number of carbonyl (C=O) groups is 11. The van der Waals surface area contributed by atoms with Gasteiger partial charge in [0, 0.05) is 48.2 Å². The van der Waals surface area contributed by atoms with Crippen LogP contribution in [0.2, 0.25) is 0 Å². The largest absolute Gasteiger partial charge is 0.392 e. The Morgan fingerprint density at radius 1 is 0.489 bits per heavy atom. The van der Waals surface area contributed by atoms with Gasteiger partial charge in [-0.25, -0.2) is 0 Å². The van der Waals surface area contributed by atoms with Gasteiger partial charge in [0.2, 0.25) is 64.8 Å². The zero-order chi connectivity index (χ0) is 69.9. The van der Waals surface area contributed by atoms with Crippen LogP contribution in [0.1, 0.15) is 156 Å². The summed E-state index contributed by atoms with van der Waals surface area (Å²) in [5.74, 6) is -13.2. The summed E-state index contributed by atoms with van der Waals surface area (Å²) in [6.07, 6.45) is 0.00840. The Hall–Kier alpha value is -6.25. The summed E-state index contributed by atoms with van der Waals surface area (Å²) in [6.45, 7) is 27.4. The van der Waals surface area contributed by atoms with Crippen molar-refractivity contribution >= 4 is 65.0 Å². The van der Waals surface area contributed by atoms with Crippen molar-refractivity contribution in [2.24, 2.45) is 47.3 Å². The van der Waals surface area contributed by atoms with Crippen LogP contribution in [0, 0.1) is 47.3 Å². The van der Waals surface area contributed by atoms with Crippen LogP contribution in [-0.2, 0) is 52.7 Å². The first kappa shape index (κ1) is 81.8. The predicted octanol–water partition coefficient (Wildman–Crippen LogP) is 1.22. The van der Waals surface area contributed by atoms with Crippen molar-refractivity contribution in [3.63, 3.8) is 0 Å². The molecule has 0 aromatic carbocycles. The maximum Gasteiger partial charge on any atom is 0.276 e. The van der Waals surface area contributed by atoms with Gasteiger partial charge < -0.3 is 76.4 Å². The fourth-order valence-electron chi connectivity index (χ4n) is 11.0. The van der Waals surface area contributed by atoms with E-state index in [0.717, 1.165) is 24.5 Å². The van der Waals surface area contributed by atoms with Crippen molar-refractivity contribution in [3.8, 4) is 0 Å². The van der Waals surface area contributed by atoms with Gasteiger partial charge in [0.15, 0.2) is 0 Å². The molecule has 26 heteroatoms. The molecule has 6 unspecified atom stereocenters. The Morgan fingerprint density at radius 3 is 1.31 bits per heavy atom. The van der Waals surface area contributed by atoms with Gasteiger partial charge in [-0.2, -0.15) is 0 Å². The Balaban J connectivity index is 4.47. The molecule has 0 bridgehead atoms. The van der Waals surface area contributed by atoms with E-state index in [1.54, 1.807) is 54.5 Å². The maximum atomic E-state index is 15.1. The predicted molar refractivity (Wildman–Crippen MR) is 342 cm³/mol. The van der Waals surface area contributed by atoms with E-state index in [0.29, 0.717) is 0 Å². The molecule has 11 amide bonds. The molecule has 1 saturated heterocycles. The number of amides is 11. The lowest BCUT2D eigenvalue weighted by molar-refractivity contribution is -0.168. The first-order valence-electron chi connectivity index (χ1n) is 31.9. The third-order valence-electron chi connectivity index (χ3n) is 16.5. The molecule has 0 radical (unpaired) electrons. The van der Waals surface area contributed by atoms with Crippen LogP contribution in [0.3, 0.4) is 0 Å². The standard InChI is InChI=1S/C64H115N11O15/c1-34(2)28-44-59(85)72(20)47(31-37(7)8)55(81)65-42(16)54(80)69-64(90,40(13)14)63(89)73(21)48(32-38(9)10)57(83)67-45(29-35(3)4)60(86)74(22)51(39(11)12)62(88)75(23)52(53(79)41(15)26-24-25-27-76)58(84)68-50(43(17)77)61(87)70(18)33-49(78)71(19)46(30-36(5)6)56(82)66-44/h24-25,34-48,50-53,76-77,79,90H,26-33H2,1-23H3,(H,65,81)(H,66,82)(H,67,83)(H,68,84)(H,69,80)/b25-24+/t41-,42?,43?,44?,45?,46-,47-,48+,50?,51+,52?,53-,64+/m1/s1. The fraction of sp³-hybridized carbons (Fsp3) is 0.797. The highest BCUT2D eigenvalue weighted by atomic mass is 16.3. The summed E-state index contributed by atoms with van der Waals surface area (Å²) in [4.78, 5) is 168. The van der Waals surface area contributed by atoms with Crippen molar-refractivity contribution in [2.45, 2.75) is 229 Å². The van der Waals surface area contributed by atoms with Crippen LogP contribution in [0.4, 0.5) is 0 Å². The second-order valence-corrected chi connectivity index (χ2v) is 27.6. The number of rotatable bonds is 18. The average molecular weight is 1280 g/mol. The molecule has 0 saturated carbocycles. The lowest BCUT2D eigenvalue weighted by Crippen LogP contribution is -2.67. The van der Waals surface area contributed by atoms with Gasteiger partial charge in [-0.3, -0.25) is 52.7 Å². The highest BCUT2D eigenvalue weighted by molar-refractivity contribution is 6.00. The normalized spacial score (nSPS) is 27.2. The third kappa shape index (κ3) is 23.1. The molecule has 13 atom stereocenters. The number of likely N-dealkylation sites (N-methyl/N-ethyl adjacent to an activating group) is 6. The minimum Gasteiger partial charge on any atom is -0.392 e. The van der Waals surface area contributed by atoms with Crippen LogP contribution in [0.25, 0.3) is 0 Å². The molecule has 0 aliphatic carbocycles. The van der Waals surface area contributed by atoms with E-state index in [4.69, 9.17) is 0 Å². The average Bonchev–Trinajstić information content (AvgIpc) is 0.838. The SMILES string of the molecule is CC(C)CC1NC(=O)[C@@H](CC(C)C)N(C)C(=O)CN(C)C(=O)C(C(C)O)NC(=O)C([C@H](O)[C@H](C)C/C=C/CO)N(C)C(=O)[C@H](C(C)C)N(C)C(=O)C(CC(C)C)NC(=O)[C@H](CC(C)C)N(C)C(=O)[C@@](O)(C(C)C)NC(=O)C(C)NC(=O)[C@@H](CC(C)C)N(C)C1=O. The first-order chi connectivity index (χ1) is 41.4. The molecular formula is C64H115N11O15. The van der Waals surface area contributed by atoms with Gasteiger partial charge in [-0.15, -0.1) is 0 Å². The number of nitrogens with zero attached hydrogens (tertiary/aromatic N) is 6. The molecule has 1 rings (SSSR count). The fourth-order valence-corrected chi connectivity index (χ4v) is 11.0. The van der Waals surface area contributed by atoms with Gasteiger partial charge in [0.05, 0.1) is 25.4 Å². The third-order valence-corrected chi connectivity index (χ3v) is 16.5. The molecule has 516 valence electrons. The van der Waals surface area contributed by atoms with Crippen molar-refractivity contribution in [3.05, 3.63) is 12.2 Å². The van der Waals surface area contributed by atoms with E-state index in [2.05, 4.69) is 26.6 Å². The summed E-state index contributed by atoms with van der Waals surface area (Å²) in [7, 11) is 7.83. The minimum absolute atomic E-state index is 0.00431. The maximum absolute atomic E-state index is 15.1. The van der Waals surface area contributed by atoms with E-state index in [9.17, 15) is 63.6 Å². The van der Waals surface area contributed by atoms with Crippen LogP contribution in [0.5, 0.6) is 0 Å². The summed E-state index contributed by atoms with van der Waals surface area (Å²) < 4.78 is 0. The zero-order valence-electron chi connectivity index (χ0n) is 58.2. The smallest absolute Gasteiger partial charge is 0.276 e. The van der Waals surface area contributed by atoms with E-state index in [1.807, 2.05) is 41.5 Å². The van der Waals surface area contributed by atoms with Crippen LogP contribution >= 0.6 is 0 Å². The lowest BCUT2D eigenvalue weighted by atomic mass is 9.91. The van der Waals surface area contributed by atoms with Crippen LogP contribution in [-0.4, -0.2) is 243 Å². The summed E-state index contributed by atoms with van der Waals surface area (Å²) in [5, 5.41) is 58.3. The Kier molecular flexibility index (Phi) is 33.3. The van der Waals surface area contributed by atoms with Crippen molar-refractivity contribution in [1.82, 2.24) is 56.0 Å². The Bertz CT molecular complexity index is 2470. The molecule has 1 aliphatic rings. The molecule has 1 fully saturated rings. The van der Waals surface area contributed by atoms with Crippen molar-refractivity contribution in [2.75, 3.05) is 55.4 Å². The van der Waals surface area contributed by atoms with Crippen LogP contribution < -0.4 is 26.6 Å². The molecule has 1 aliphatic heterocycles. The topological polar surface area (TPSA) is 348 Å². The number of aliphatic hydroxyl groups excluding tert-OH is 3. The lowest BCUT2D eigenvalue weighted by Gasteiger charge is -2.40. The molecule has 90 heavy (non-hydrogen) atoms. The van der Waals surface area contributed by atoms with Crippen molar-refractivity contribution in [1.29, 1.82) is 0 Å². The van der Waals surface area contributed by atoms with E-state index in [1.165, 1.54) is 81.0 Å². The molecule has 0 aromatic rings. The monoisotopic (exact) mass is 1280 g/mol. The van der Waals surface area contributed by atoms with E-state index in [-0.39, 0.29) is 74.7 Å². The number of nitrogens with one attached hydrogen (secondary N) is 5. The number of aliphatic hydroxyl groups is 4. The van der Waals surface area contributed by atoms with Gasteiger partial charge in [-0.05, 0) is 93.8 Å². The molecule has 0 aromatic heterocycles. The number of allylic oxidation sites excluding steroid dienone is 1. The summed E-state index contributed by atoms with van der Waals surface area (Å²) in [6, 6.07) is -12.9. The van der Waals surface area contributed by atoms with Gasteiger partial charge in [0.1, 0.15) is 54.4 Å². The second-order valence-electron chi connectivity index (χ2n) is 27.6. The van der Waals surface area contributed by atoms with Crippen LogP contribution in [0.15, 0.2) is 12.2 Å². The molecule has 26 nitrogen and oxygen atoms in total. The van der Waals surface area contributed by atoms with Gasteiger partial charge in [0.25, 0.3) is 5.91 Å². The second kappa shape index (κ2) is 36.7. The zero-order valence-corrected chi connectivity index (χ0v) is 58.2. The minimum atomic E-state index is -2.69. The highest BCUT2D eigenvalue weighted by Gasteiger charge is 2.49. The quantitative estimate of drug-likeness (QED) is 0.0872. The van der Waals surface area contributed by atoms with Gasteiger partial charge >= 0.3 is 0 Å². The molecule has 0 spiro atoms. The Labute approximate surface area is 535 Å². The van der Waals surface area contributed by atoms with E-state index >= 15 is 9.59 Å². The van der Waals surface area contributed by atoms with Crippen molar-refractivity contribution < 1.29 is 73.2 Å². The first-order valence-corrected chi connectivity index (χ1v) is 31.9. The number of carbonyl (C=O) groups excluding carboxylic acids is 11. The molecule has 9 N–H and O–H groups in total. The van der Waals surface area contributed by atoms with E-state index < -0.39 is 162 Å². The Morgan fingerprint density at radius 2 is 0.900 bits per heavy atom. The molecular weight excluding hydrogens is 1160 g/mol. The number of hydrogen-bond acceptors (Lipinski definition) is 15. The highest BCUT2D eigenvalue weighted by Crippen LogP contribution is 2.26. The summed E-state index contributed by atoms with van der Waals surface area (Å²) >= 11 is 0. The van der Waals surface area contributed by atoms with Gasteiger partial charge in [-0.1, -0.05) is 116 Å². The number of hydrogen-bond donors (Lipinski definition) is 9.